The molecule has 0 bridgehead atoms. The maximum absolute atomic E-state index is 11.4. The van der Waals surface area contributed by atoms with Crippen molar-refractivity contribution in [2.45, 2.75) is 52.1 Å². The highest BCUT2D eigenvalue weighted by molar-refractivity contribution is 5.94. The second-order valence-corrected chi connectivity index (χ2v) is 5.19. The van der Waals surface area contributed by atoms with E-state index in [4.69, 9.17) is 4.74 Å². The minimum Gasteiger partial charge on any atom is -0.490 e. The predicted molar refractivity (Wildman–Crippen MR) is 73.1 cm³/mol. The van der Waals surface area contributed by atoms with Crippen LogP contribution in [0.5, 0.6) is 5.75 Å². The standard InChI is InChI=1S/C16H22O2/c1-3-13-7-4-5-10-16(13)18-15-9-6-8-14(11-15)12(2)17/h6,8-9,11,13,16H,3-5,7,10H2,1-2H3. The zero-order valence-corrected chi connectivity index (χ0v) is 11.3. The number of ketones is 1. The second-order valence-electron chi connectivity index (χ2n) is 5.19. The molecule has 0 amide bonds. The summed E-state index contributed by atoms with van der Waals surface area (Å²) in [4.78, 5) is 11.4. The van der Waals surface area contributed by atoms with Gasteiger partial charge in [0.05, 0.1) is 0 Å². The molecule has 1 fully saturated rings. The van der Waals surface area contributed by atoms with Gasteiger partial charge in [0.15, 0.2) is 5.78 Å². The van der Waals surface area contributed by atoms with Crippen LogP contribution in [0, 0.1) is 5.92 Å². The van der Waals surface area contributed by atoms with Crippen LogP contribution in [0.15, 0.2) is 24.3 Å². The van der Waals surface area contributed by atoms with E-state index in [-0.39, 0.29) is 5.78 Å². The van der Waals surface area contributed by atoms with E-state index < -0.39 is 0 Å². The van der Waals surface area contributed by atoms with Crippen molar-refractivity contribution in [3.63, 3.8) is 0 Å². The van der Waals surface area contributed by atoms with Gasteiger partial charge in [0.1, 0.15) is 11.9 Å². The Morgan fingerprint density at radius 3 is 2.83 bits per heavy atom. The van der Waals surface area contributed by atoms with Crippen LogP contribution in [0.4, 0.5) is 0 Å². The van der Waals surface area contributed by atoms with E-state index in [1.807, 2.05) is 24.3 Å². The Bertz CT molecular complexity index is 411. The molecule has 1 aromatic rings. The highest BCUT2D eigenvalue weighted by Crippen LogP contribution is 2.30. The Morgan fingerprint density at radius 2 is 2.11 bits per heavy atom. The molecule has 2 unspecified atom stereocenters. The van der Waals surface area contributed by atoms with Gasteiger partial charge >= 0.3 is 0 Å². The number of hydrogen-bond donors (Lipinski definition) is 0. The van der Waals surface area contributed by atoms with Crippen molar-refractivity contribution >= 4 is 5.78 Å². The summed E-state index contributed by atoms with van der Waals surface area (Å²) in [5.41, 5.74) is 0.733. The lowest BCUT2D eigenvalue weighted by molar-refractivity contribution is 0.0898. The Kier molecular flexibility index (Phi) is 4.40. The summed E-state index contributed by atoms with van der Waals surface area (Å²) in [6.07, 6.45) is 6.50. The molecule has 0 saturated heterocycles. The fourth-order valence-electron chi connectivity index (χ4n) is 2.76. The van der Waals surface area contributed by atoms with Crippen molar-refractivity contribution in [1.82, 2.24) is 0 Å². The summed E-state index contributed by atoms with van der Waals surface area (Å²) in [5.74, 6) is 1.60. The molecule has 18 heavy (non-hydrogen) atoms. The molecule has 0 radical (unpaired) electrons. The molecule has 0 heterocycles. The Labute approximate surface area is 109 Å². The van der Waals surface area contributed by atoms with Gasteiger partial charge in [0.2, 0.25) is 0 Å². The van der Waals surface area contributed by atoms with Crippen molar-refractivity contribution in [3.8, 4) is 5.75 Å². The number of hydrogen-bond acceptors (Lipinski definition) is 2. The number of benzene rings is 1. The van der Waals surface area contributed by atoms with Crippen molar-refractivity contribution in [1.29, 1.82) is 0 Å². The first-order chi connectivity index (χ1) is 8.70. The highest BCUT2D eigenvalue weighted by atomic mass is 16.5. The Balaban J connectivity index is 2.07. The first-order valence-electron chi connectivity index (χ1n) is 6.98. The maximum atomic E-state index is 11.4. The number of carbonyl (C=O) groups excluding carboxylic acids is 1. The van der Waals surface area contributed by atoms with Gasteiger partial charge < -0.3 is 4.74 Å². The maximum Gasteiger partial charge on any atom is 0.159 e. The first kappa shape index (κ1) is 13.1. The molecule has 0 aliphatic heterocycles. The minimum absolute atomic E-state index is 0.0936. The number of rotatable bonds is 4. The summed E-state index contributed by atoms with van der Waals surface area (Å²) in [6, 6.07) is 7.56. The van der Waals surface area contributed by atoms with Crippen molar-refractivity contribution in [2.75, 3.05) is 0 Å². The van der Waals surface area contributed by atoms with Crippen molar-refractivity contribution < 1.29 is 9.53 Å². The van der Waals surface area contributed by atoms with E-state index in [2.05, 4.69) is 6.92 Å². The van der Waals surface area contributed by atoms with Gasteiger partial charge in [-0.1, -0.05) is 25.5 Å². The lowest BCUT2D eigenvalue weighted by Crippen LogP contribution is -2.29. The average Bonchev–Trinajstić information content (AvgIpc) is 2.39. The van der Waals surface area contributed by atoms with Crippen molar-refractivity contribution in [3.05, 3.63) is 29.8 Å². The van der Waals surface area contributed by atoms with E-state index in [1.165, 1.54) is 25.7 Å². The number of carbonyl (C=O) groups is 1. The van der Waals surface area contributed by atoms with Crippen LogP contribution >= 0.6 is 0 Å². The van der Waals surface area contributed by atoms with Gasteiger partial charge in [0.25, 0.3) is 0 Å². The average molecular weight is 246 g/mol. The van der Waals surface area contributed by atoms with Crippen LogP contribution in [0.2, 0.25) is 0 Å². The second kappa shape index (κ2) is 6.03. The molecule has 2 rings (SSSR count). The fraction of sp³-hybridized carbons (Fsp3) is 0.562. The smallest absolute Gasteiger partial charge is 0.159 e. The van der Waals surface area contributed by atoms with Crippen LogP contribution < -0.4 is 4.74 Å². The fourth-order valence-corrected chi connectivity index (χ4v) is 2.76. The van der Waals surface area contributed by atoms with Crippen LogP contribution in [-0.2, 0) is 0 Å². The van der Waals surface area contributed by atoms with Gasteiger partial charge in [-0.2, -0.15) is 0 Å². The van der Waals surface area contributed by atoms with Crippen LogP contribution in [0.3, 0.4) is 0 Å². The summed E-state index contributed by atoms with van der Waals surface area (Å²) in [5, 5.41) is 0. The molecule has 0 aromatic heterocycles. The van der Waals surface area contributed by atoms with Crippen LogP contribution in [0.1, 0.15) is 56.3 Å². The highest BCUT2D eigenvalue weighted by Gasteiger charge is 2.25. The molecule has 0 N–H and O–H groups in total. The number of Topliss-reactive ketones (excluding diaryl/α,β-unsaturated/α-hetero) is 1. The van der Waals surface area contributed by atoms with Crippen LogP contribution in [-0.4, -0.2) is 11.9 Å². The van der Waals surface area contributed by atoms with Gasteiger partial charge in [-0.05, 0) is 50.7 Å². The lowest BCUT2D eigenvalue weighted by atomic mass is 9.85. The van der Waals surface area contributed by atoms with Crippen molar-refractivity contribution in [2.24, 2.45) is 5.92 Å². The first-order valence-corrected chi connectivity index (χ1v) is 6.98. The molecule has 98 valence electrons. The molecule has 2 atom stereocenters. The van der Waals surface area contributed by atoms with E-state index in [0.29, 0.717) is 12.0 Å². The zero-order chi connectivity index (χ0) is 13.0. The third-order valence-corrected chi connectivity index (χ3v) is 3.89. The monoisotopic (exact) mass is 246 g/mol. The normalized spacial score (nSPS) is 23.7. The third kappa shape index (κ3) is 3.12. The molecule has 2 nitrogen and oxygen atoms in total. The molecular formula is C16H22O2. The lowest BCUT2D eigenvalue weighted by Gasteiger charge is -2.31. The van der Waals surface area contributed by atoms with E-state index in [1.54, 1.807) is 6.92 Å². The summed E-state index contributed by atoms with van der Waals surface area (Å²) < 4.78 is 6.10. The van der Waals surface area contributed by atoms with Gasteiger partial charge in [-0.15, -0.1) is 0 Å². The van der Waals surface area contributed by atoms with Crippen LogP contribution in [0.25, 0.3) is 0 Å². The summed E-state index contributed by atoms with van der Waals surface area (Å²) >= 11 is 0. The molecule has 0 spiro atoms. The summed E-state index contributed by atoms with van der Waals surface area (Å²) in [7, 11) is 0. The van der Waals surface area contributed by atoms with Gasteiger partial charge in [0, 0.05) is 5.56 Å². The third-order valence-electron chi connectivity index (χ3n) is 3.89. The van der Waals surface area contributed by atoms with E-state index in [0.717, 1.165) is 17.7 Å². The minimum atomic E-state index is 0.0936. The Hall–Kier alpha value is -1.31. The SMILES string of the molecule is CCC1CCCCC1Oc1cccc(C(C)=O)c1. The van der Waals surface area contributed by atoms with E-state index in [9.17, 15) is 4.79 Å². The Morgan fingerprint density at radius 1 is 1.33 bits per heavy atom. The summed E-state index contributed by atoms with van der Waals surface area (Å²) in [6.45, 7) is 3.83. The molecule has 2 heteroatoms. The van der Waals surface area contributed by atoms with E-state index >= 15 is 0 Å². The molecule has 1 saturated carbocycles. The molecular weight excluding hydrogens is 224 g/mol. The van der Waals surface area contributed by atoms with Gasteiger partial charge in [-0.25, -0.2) is 0 Å². The zero-order valence-electron chi connectivity index (χ0n) is 11.3. The largest absolute Gasteiger partial charge is 0.490 e. The number of ether oxygens (including phenoxy) is 1. The quantitative estimate of drug-likeness (QED) is 0.743. The molecule has 1 aliphatic rings. The molecule has 1 aliphatic carbocycles. The molecule has 1 aromatic carbocycles. The predicted octanol–water partition coefficient (Wildman–Crippen LogP) is 4.24. The van der Waals surface area contributed by atoms with Gasteiger partial charge in [-0.3, -0.25) is 4.79 Å². The topological polar surface area (TPSA) is 26.3 Å².